The number of Topliss-reactive ketones (excluding diaryl/α,β-unsaturated/α-hetero) is 1. The minimum absolute atomic E-state index is 0.0141. The summed E-state index contributed by atoms with van der Waals surface area (Å²) in [5, 5.41) is 0.427. The third-order valence-corrected chi connectivity index (χ3v) is 7.55. The van der Waals surface area contributed by atoms with E-state index in [-0.39, 0.29) is 22.5 Å². The van der Waals surface area contributed by atoms with Crippen LogP contribution in [0, 0.1) is 13.8 Å². The number of rotatable bonds is 9. The number of methoxy groups -OCH3 is 1. The molecule has 0 N–H and O–H groups in total. The fourth-order valence-electron chi connectivity index (χ4n) is 5.17. The molecule has 40 heavy (non-hydrogen) atoms. The summed E-state index contributed by atoms with van der Waals surface area (Å²) in [5.74, 6) is 0.624. The lowest BCUT2D eigenvalue weighted by Crippen LogP contribution is -2.29. The Balaban J connectivity index is 1.68. The highest BCUT2D eigenvalue weighted by molar-refractivity contribution is 6.11. The molecule has 1 aliphatic heterocycles. The van der Waals surface area contributed by atoms with Gasteiger partial charge >= 0.3 is 0 Å². The molecule has 1 aromatic heterocycles. The van der Waals surface area contributed by atoms with Gasteiger partial charge in [0.2, 0.25) is 5.76 Å². The average molecular weight is 540 g/mol. The molecule has 1 amide bonds. The molecule has 3 aromatic carbocycles. The largest absolute Gasteiger partial charge is 0.493 e. The van der Waals surface area contributed by atoms with Crippen molar-refractivity contribution in [3.63, 3.8) is 0 Å². The van der Waals surface area contributed by atoms with Crippen molar-refractivity contribution < 1.29 is 23.5 Å². The van der Waals surface area contributed by atoms with Crippen LogP contribution in [0.3, 0.4) is 0 Å². The molecular formula is C33H33NO6. The number of benzene rings is 3. The van der Waals surface area contributed by atoms with Crippen LogP contribution in [0.1, 0.15) is 82.3 Å². The highest BCUT2D eigenvalue weighted by Crippen LogP contribution is 2.43. The molecule has 7 nitrogen and oxygen atoms in total. The maximum absolute atomic E-state index is 14.0. The number of hydrogen-bond donors (Lipinski definition) is 0. The normalized spacial score (nSPS) is 14.5. The standard InChI is InChI=1S/C33H33NO6/c1-6-7-8-15-39-26-14-11-23(18-28(26)38-5)30-29-31(36)25-16-19(2)20(3)17-27(25)40-32(29)33(37)34(30)24-12-9-22(10-13-24)21(4)35/h9-14,16-18,30H,6-8,15H2,1-5H3. The summed E-state index contributed by atoms with van der Waals surface area (Å²) >= 11 is 0. The van der Waals surface area contributed by atoms with Gasteiger partial charge in [0.05, 0.1) is 30.7 Å². The number of hydrogen-bond acceptors (Lipinski definition) is 6. The van der Waals surface area contributed by atoms with Crippen LogP contribution in [-0.4, -0.2) is 25.4 Å². The first-order valence-corrected chi connectivity index (χ1v) is 13.6. The Morgan fingerprint density at radius 1 is 0.950 bits per heavy atom. The van der Waals surface area contributed by atoms with Crippen molar-refractivity contribution in [3.05, 3.63) is 98.4 Å². The quantitative estimate of drug-likeness (QED) is 0.169. The summed E-state index contributed by atoms with van der Waals surface area (Å²) in [6.45, 7) is 8.07. The predicted molar refractivity (Wildman–Crippen MR) is 155 cm³/mol. The first kappa shape index (κ1) is 27.2. The van der Waals surface area contributed by atoms with E-state index in [1.165, 1.54) is 6.92 Å². The number of amides is 1. The van der Waals surface area contributed by atoms with Gasteiger partial charge in [-0.2, -0.15) is 0 Å². The van der Waals surface area contributed by atoms with Gasteiger partial charge in [0, 0.05) is 11.3 Å². The number of carbonyl (C=O) groups is 2. The van der Waals surface area contributed by atoms with Gasteiger partial charge in [-0.3, -0.25) is 19.3 Å². The monoisotopic (exact) mass is 539 g/mol. The van der Waals surface area contributed by atoms with Gasteiger partial charge in [-0.25, -0.2) is 0 Å². The topological polar surface area (TPSA) is 86.0 Å². The van der Waals surface area contributed by atoms with Crippen LogP contribution in [0.25, 0.3) is 11.0 Å². The Morgan fingerprint density at radius 3 is 2.35 bits per heavy atom. The number of unbranched alkanes of at least 4 members (excludes halogenated alkanes) is 2. The third kappa shape index (κ3) is 4.76. The number of nitrogens with zero attached hydrogens (tertiary/aromatic N) is 1. The Bertz CT molecular complexity index is 1670. The Hall–Kier alpha value is -4.39. The molecule has 1 aliphatic rings. The van der Waals surface area contributed by atoms with Crippen LogP contribution in [0.5, 0.6) is 11.5 Å². The van der Waals surface area contributed by atoms with Gasteiger partial charge in [0.25, 0.3) is 5.91 Å². The van der Waals surface area contributed by atoms with Gasteiger partial charge in [-0.1, -0.05) is 25.8 Å². The van der Waals surface area contributed by atoms with E-state index in [4.69, 9.17) is 13.9 Å². The first-order valence-electron chi connectivity index (χ1n) is 13.6. The predicted octanol–water partition coefficient (Wildman–Crippen LogP) is 6.94. The first-order chi connectivity index (χ1) is 19.2. The van der Waals surface area contributed by atoms with Crippen LogP contribution in [0.15, 0.2) is 63.8 Å². The van der Waals surface area contributed by atoms with Crippen molar-refractivity contribution in [2.24, 2.45) is 0 Å². The molecule has 1 unspecified atom stereocenters. The molecule has 5 rings (SSSR count). The second-order valence-electron chi connectivity index (χ2n) is 10.3. The Labute approximate surface area is 233 Å². The summed E-state index contributed by atoms with van der Waals surface area (Å²) < 4.78 is 17.8. The Morgan fingerprint density at radius 2 is 1.68 bits per heavy atom. The molecular weight excluding hydrogens is 506 g/mol. The lowest BCUT2D eigenvalue weighted by molar-refractivity contribution is 0.0970. The third-order valence-electron chi connectivity index (χ3n) is 7.55. The second kappa shape index (κ2) is 11.0. The smallest absolute Gasteiger partial charge is 0.295 e. The molecule has 0 spiro atoms. The maximum Gasteiger partial charge on any atom is 0.295 e. The molecule has 0 bridgehead atoms. The zero-order valence-electron chi connectivity index (χ0n) is 23.5. The average Bonchev–Trinajstić information content (AvgIpc) is 3.24. The minimum Gasteiger partial charge on any atom is -0.493 e. The fraction of sp³-hybridized carbons (Fsp3) is 0.303. The van der Waals surface area contributed by atoms with Crippen molar-refractivity contribution >= 4 is 28.3 Å². The van der Waals surface area contributed by atoms with Crippen molar-refractivity contribution in [2.75, 3.05) is 18.6 Å². The van der Waals surface area contributed by atoms with Crippen LogP contribution in [0.4, 0.5) is 5.69 Å². The summed E-state index contributed by atoms with van der Waals surface area (Å²) in [6, 6.07) is 15.1. The zero-order chi connectivity index (χ0) is 28.6. The molecule has 0 radical (unpaired) electrons. The maximum atomic E-state index is 14.0. The van der Waals surface area contributed by atoms with E-state index in [1.807, 2.05) is 38.1 Å². The van der Waals surface area contributed by atoms with E-state index in [2.05, 4.69) is 6.92 Å². The number of anilines is 1. The molecule has 206 valence electrons. The van der Waals surface area contributed by atoms with E-state index in [9.17, 15) is 14.4 Å². The van der Waals surface area contributed by atoms with Gasteiger partial charge in [-0.05, 0) is 92.4 Å². The van der Waals surface area contributed by atoms with E-state index >= 15 is 0 Å². The zero-order valence-corrected chi connectivity index (χ0v) is 23.5. The van der Waals surface area contributed by atoms with Gasteiger partial charge in [-0.15, -0.1) is 0 Å². The number of ether oxygens (including phenoxy) is 2. The SMILES string of the molecule is CCCCCOc1ccc(C2c3c(oc4cc(C)c(C)cc4c3=O)C(=O)N2c2ccc(C(C)=O)cc2)cc1OC. The summed E-state index contributed by atoms with van der Waals surface area (Å²) in [6.07, 6.45) is 3.10. The highest BCUT2D eigenvalue weighted by Gasteiger charge is 2.44. The molecule has 0 saturated heterocycles. The number of aryl methyl sites for hydroxylation is 2. The molecule has 4 aromatic rings. The Kier molecular flexibility index (Phi) is 7.48. The number of carbonyl (C=O) groups excluding carboxylic acids is 2. The van der Waals surface area contributed by atoms with Crippen molar-refractivity contribution in [3.8, 4) is 11.5 Å². The van der Waals surface area contributed by atoms with Crippen molar-refractivity contribution in [1.29, 1.82) is 0 Å². The molecule has 0 saturated carbocycles. The summed E-state index contributed by atoms with van der Waals surface area (Å²) in [5.41, 5.74) is 4.08. The van der Waals surface area contributed by atoms with E-state index in [0.29, 0.717) is 45.9 Å². The van der Waals surface area contributed by atoms with Crippen LogP contribution >= 0.6 is 0 Å². The van der Waals surface area contributed by atoms with Crippen LogP contribution in [0.2, 0.25) is 0 Å². The molecule has 1 atom stereocenters. The van der Waals surface area contributed by atoms with Gasteiger partial charge < -0.3 is 13.9 Å². The highest BCUT2D eigenvalue weighted by atomic mass is 16.5. The fourth-order valence-corrected chi connectivity index (χ4v) is 5.17. The van der Waals surface area contributed by atoms with E-state index < -0.39 is 11.9 Å². The summed E-state index contributed by atoms with van der Waals surface area (Å²) in [7, 11) is 1.57. The lowest BCUT2D eigenvalue weighted by Gasteiger charge is -2.26. The minimum atomic E-state index is -0.768. The molecule has 0 fully saturated rings. The van der Waals surface area contributed by atoms with E-state index in [0.717, 1.165) is 30.4 Å². The van der Waals surface area contributed by atoms with E-state index in [1.54, 1.807) is 42.3 Å². The molecule has 0 aliphatic carbocycles. The lowest BCUT2D eigenvalue weighted by atomic mass is 9.96. The molecule has 7 heteroatoms. The number of ketones is 1. The number of fused-ring (bicyclic) bond motifs is 2. The summed E-state index contributed by atoms with van der Waals surface area (Å²) in [4.78, 5) is 41.4. The van der Waals surface area contributed by atoms with Crippen molar-refractivity contribution in [1.82, 2.24) is 0 Å². The second-order valence-corrected chi connectivity index (χ2v) is 10.3. The van der Waals surface area contributed by atoms with Gasteiger partial charge in [0.1, 0.15) is 5.58 Å². The van der Waals surface area contributed by atoms with Crippen LogP contribution < -0.4 is 19.8 Å². The van der Waals surface area contributed by atoms with Crippen molar-refractivity contribution in [2.45, 2.75) is 53.0 Å². The molecule has 2 heterocycles. The van der Waals surface area contributed by atoms with Crippen LogP contribution in [-0.2, 0) is 0 Å². The van der Waals surface area contributed by atoms with Gasteiger partial charge in [0.15, 0.2) is 22.7 Å².